The second-order valence-corrected chi connectivity index (χ2v) is 9.31. The van der Waals surface area contributed by atoms with Crippen LogP contribution in [0.15, 0.2) is 47.4 Å². The summed E-state index contributed by atoms with van der Waals surface area (Å²) in [7, 11) is -2.50. The fourth-order valence-electron chi connectivity index (χ4n) is 3.72. The Morgan fingerprint density at radius 3 is 2.66 bits per heavy atom. The Morgan fingerprint density at radius 1 is 1.19 bits per heavy atom. The van der Waals surface area contributed by atoms with Gasteiger partial charge >= 0.3 is 5.97 Å². The van der Waals surface area contributed by atoms with E-state index < -0.39 is 10.0 Å². The number of carbonyl (C=O) groups is 2. The molecule has 1 aliphatic rings. The summed E-state index contributed by atoms with van der Waals surface area (Å²) < 4.78 is 38.8. The van der Waals surface area contributed by atoms with Crippen molar-refractivity contribution >= 4 is 27.6 Å². The van der Waals surface area contributed by atoms with Gasteiger partial charge in [-0.1, -0.05) is 18.2 Å². The van der Waals surface area contributed by atoms with Crippen LogP contribution in [0.25, 0.3) is 0 Å². The minimum absolute atomic E-state index is 0.0312. The van der Waals surface area contributed by atoms with Crippen LogP contribution in [0, 0.1) is 12.8 Å². The van der Waals surface area contributed by atoms with Gasteiger partial charge in [-0.3, -0.25) is 14.3 Å². The van der Waals surface area contributed by atoms with Gasteiger partial charge in [0.2, 0.25) is 0 Å². The predicted octanol–water partition coefficient (Wildman–Crippen LogP) is 3.22. The van der Waals surface area contributed by atoms with Crippen molar-refractivity contribution in [3.63, 3.8) is 0 Å². The zero-order chi connectivity index (χ0) is 23.3. The van der Waals surface area contributed by atoms with Crippen LogP contribution >= 0.6 is 0 Å². The van der Waals surface area contributed by atoms with Crippen molar-refractivity contribution in [2.45, 2.75) is 31.6 Å². The quantitative estimate of drug-likeness (QED) is 0.637. The number of piperidine rings is 1. The molecule has 0 saturated carbocycles. The Bertz CT molecular complexity index is 1100. The molecule has 1 fully saturated rings. The average Bonchev–Trinajstić information content (AvgIpc) is 2.79. The minimum atomic E-state index is -3.96. The molecule has 2 aromatic rings. The molecule has 1 aliphatic heterocycles. The highest BCUT2D eigenvalue weighted by Gasteiger charge is 2.31. The number of amides is 1. The lowest BCUT2D eigenvalue weighted by atomic mass is 9.97. The number of hydrogen-bond acceptors (Lipinski definition) is 6. The molecule has 32 heavy (non-hydrogen) atoms. The van der Waals surface area contributed by atoms with Crippen LogP contribution in [0.4, 0.5) is 5.69 Å². The second kappa shape index (κ2) is 10.0. The molecule has 0 unspecified atom stereocenters. The number of para-hydroxylation sites is 2. The van der Waals surface area contributed by atoms with E-state index in [-0.39, 0.29) is 34.8 Å². The maximum absolute atomic E-state index is 13.2. The summed E-state index contributed by atoms with van der Waals surface area (Å²) in [5.41, 5.74) is 1.25. The molecule has 0 bridgehead atoms. The zero-order valence-electron chi connectivity index (χ0n) is 18.5. The Labute approximate surface area is 188 Å². The van der Waals surface area contributed by atoms with E-state index in [0.717, 1.165) is 0 Å². The van der Waals surface area contributed by atoms with Crippen molar-refractivity contribution in [3.8, 4) is 5.75 Å². The molecule has 2 aromatic carbocycles. The van der Waals surface area contributed by atoms with Gasteiger partial charge in [0, 0.05) is 18.7 Å². The molecule has 1 saturated heterocycles. The Balaban J connectivity index is 1.85. The Hall–Kier alpha value is -3.07. The highest BCUT2D eigenvalue weighted by Crippen LogP contribution is 2.27. The molecule has 1 N–H and O–H groups in total. The largest absolute Gasteiger partial charge is 0.495 e. The molecular formula is C23H28N2O6S. The molecule has 8 nitrogen and oxygen atoms in total. The number of aryl methyl sites for hydroxylation is 1. The van der Waals surface area contributed by atoms with Crippen molar-refractivity contribution in [2.24, 2.45) is 5.92 Å². The standard InChI is InChI=1S/C23H28N2O6S/c1-4-31-23(27)17-8-7-13-25(15-17)22(26)19-14-18(12-11-16(19)2)32(28,29)24-20-9-5-6-10-21(20)30-3/h5-6,9-12,14,17,24H,4,7-8,13,15H2,1-3H3/t17-/m1/s1. The lowest BCUT2D eigenvalue weighted by Crippen LogP contribution is -2.43. The van der Waals surface area contributed by atoms with Gasteiger partial charge < -0.3 is 14.4 Å². The summed E-state index contributed by atoms with van der Waals surface area (Å²) in [5.74, 6) is -0.588. The lowest BCUT2D eigenvalue weighted by Gasteiger charge is -2.32. The topological polar surface area (TPSA) is 102 Å². The van der Waals surface area contributed by atoms with Crippen LogP contribution in [-0.4, -0.2) is 52.0 Å². The first kappa shape index (κ1) is 23.6. The van der Waals surface area contributed by atoms with Crippen LogP contribution in [0.5, 0.6) is 5.75 Å². The number of carbonyl (C=O) groups excluding carboxylic acids is 2. The van der Waals surface area contributed by atoms with Gasteiger partial charge in [-0.25, -0.2) is 8.42 Å². The Kier molecular flexibility index (Phi) is 7.40. The number of methoxy groups -OCH3 is 1. The van der Waals surface area contributed by atoms with E-state index in [1.165, 1.54) is 19.2 Å². The number of likely N-dealkylation sites (tertiary alicyclic amines) is 1. The van der Waals surface area contributed by atoms with Gasteiger partial charge in [0.1, 0.15) is 5.75 Å². The SMILES string of the molecule is CCOC(=O)[C@@H]1CCCN(C(=O)c2cc(S(=O)(=O)Nc3ccccc3OC)ccc2C)C1. The van der Waals surface area contributed by atoms with E-state index in [2.05, 4.69) is 4.72 Å². The molecule has 1 amide bonds. The number of benzene rings is 2. The fourth-order valence-corrected chi connectivity index (χ4v) is 4.81. The van der Waals surface area contributed by atoms with Gasteiger partial charge in [0.25, 0.3) is 15.9 Å². The molecule has 0 spiro atoms. The highest BCUT2D eigenvalue weighted by molar-refractivity contribution is 7.92. The van der Waals surface area contributed by atoms with Crippen LogP contribution in [0.1, 0.15) is 35.7 Å². The van der Waals surface area contributed by atoms with E-state index >= 15 is 0 Å². The normalized spacial score (nSPS) is 16.3. The third-order valence-electron chi connectivity index (χ3n) is 5.43. The summed E-state index contributed by atoms with van der Waals surface area (Å²) in [6, 6.07) is 11.1. The number of sulfonamides is 1. The van der Waals surface area contributed by atoms with Crippen molar-refractivity contribution in [1.29, 1.82) is 0 Å². The molecule has 3 rings (SSSR count). The molecule has 1 atom stereocenters. The first-order valence-electron chi connectivity index (χ1n) is 10.5. The molecule has 0 aliphatic carbocycles. The number of nitrogens with one attached hydrogen (secondary N) is 1. The van der Waals surface area contributed by atoms with E-state index in [0.29, 0.717) is 43.0 Å². The number of anilines is 1. The number of esters is 1. The fraction of sp³-hybridized carbons (Fsp3) is 0.391. The van der Waals surface area contributed by atoms with Crippen LogP contribution in [0.3, 0.4) is 0 Å². The average molecular weight is 461 g/mol. The maximum Gasteiger partial charge on any atom is 0.310 e. The molecule has 172 valence electrons. The van der Waals surface area contributed by atoms with Crippen LogP contribution in [0.2, 0.25) is 0 Å². The van der Waals surface area contributed by atoms with Crippen molar-refractivity contribution in [2.75, 3.05) is 31.5 Å². The van der Waals surface area contributed by atoms with Gasteiger partial charge in [-0.15, -0.1) is 0 Å². The van der Waals surface area contributed by atoms with Gasteiger partial charge in [0.05, 0.1) is 30.2 Å². The van der Waals surface area contributed by atoms with Crippen LogP contribution in [-0.2, 0) is 19.6 Å². The summed E-state index contributed by atoms with van der Waals surface area (Å²) in [6.45, 7) is 4.56. The van der Waals surface area contributed by atoms with Gasteiger partial charge in [-0.2, -0.15) is 0 Å². The minimum Gasteiger partial charge on any atom is -0.495 e. The summed E-state index contributed by atoms with van der Waals surface area (Å²) in [4.78, 5) is 26.9. The first-order chi connectivity index (χ1) is 15.3. The number of nitrogens with zero attached hydrogens (tertiary/aromatic N) is 1. The maximum atomic E-state index is 13.2. The third kappa shape index (κ3) is 5.21. The smallest absolute Gasteiger partial charge is 0.310 e. The predicted molar refractivity (Wildman–Crippen MR) is 120 cm³/mol. The molecule has 1 heterocycles. The van der Waals surface area contributed by atoms with E-state index in [1.54, 1.807) is 49.1 Å². The molecular weight excluding hydrogens is 432 g/mol. The first-order valence-corrected chi connectivity index (χ1v) is 12.0. The Morgan fingerprint density at radius 2 is 1.94 bits per heavy atom. The van der Waals surface area contributed by atoms with E-state index in [1.807, 2.05) is 0 Å². The number of rotatable bonds is 7. The van der Waals surface area contributed by atoms with Crippen LogP contribution < -0.4 is 9.46 Å². The summed E-state index contributed by atoms with van der Waals surface area (Å²) >= 11 is 0. The van der Waals surface area contributed by atoms with Crippen molar-refractivity contribution in [1.82, 2.24) is 4.90 Å². The van der Waals surface area contributed by atoms with Crippen molar-refractivity contribution < 1.29 is 27.5 Å². The van der Waals surface area contributed by atoms with E-state index in [9.17, 15) is 18.0 Å². The monoisotopic (exact) mass is 460 g/mol. The molecule has 0 aromatic heterocycles. The number of hydrogen-bond donors (Lipinski definition) is 1. The van der Waals surface area contributed by atoms with Gasteiger partial charge in [-0.05, 0) is 56.5 Å². The highest BCUT2D eigenvalue weighted by atomic mass is 32.2. The number of ether oxygens (including phenoxy) is 2. The molecule has 0 radical (unpaired) electrons. The molecule has 9 heteroatoms. The zero-order valence-corrected chi connectivity index (χ0v) is 19.3. The van der Waals surface area contributed by atoms with E-state index in [4.69, 9.17) is 9.47 Å². The lowest BCUT2D eigenvalue weighted by molar-refractivity contribution is -0.149. The summed E-state index contributed by atoms with van der Waals surface area (Å²) in [5, 5.41) is 0. The van der Waals surface area contributed by atoms with Crippen molar-refractivity contribution in [3.05, 3.63) is 53.6 Å². The second-order valence-electron chi connectivity index (χ2n) is 7.62. The summed E-state index contributed by atoms with van der Waals surface area (Å²) in [6.07, 6.45) is 1.35. The third-order valence-corrected chi connectivity index (χ3v) is 6.79. The van der Waals surface area contributed by atoms with Gasteiger partial charge in [0.15, 0.2) is 0 Å².